The first kappa shape index (κ1) is 19.9. The van der Waals surface area contributed by atoms with E-state index >= 15 is 0 Å². The smallest absolute Gasteiger partial charge is 0.257 e. The van der Waals surface area contributed by atoms with Gasteiger partial charge in [0.2, 0.25) is 0 Å². The number of nitrogens with zero attached hydrogens (tertiary/aromatic N) is 1. The van der Waals surface area contributed by atoms with Gasteiger partial charge in [-0.2, -0.15) is 0 Å². The molecule has 0 atom stereocenters. The number of benzene rings is 3. The average molecular weight is 419 g/mol. The van der Waals surface area contributed by atoms with E-state index in [2.05, 4.69) is 29.6 Å². The third kappa shape index (κ3) is 3.62. The molecule has 4 rings (SSSR count). The maximum absolute atomic E-state index is 12.9. The molecule has 0 fully saturated rings. The number of carbonyl (C=O) groups excluding carboxylic acids is 1. The van der Waals surface area contributed by atoms with Gasteiger partial charge in [-0.1, -0.05) is 42.5 Å². The Balaban J connectivity index is 1.69. The number of carbonyl (C=O) groups is 1. The number of aryl methyl sites for hydroxylation is 1. The summed E-state index contributed by atoms with van der Waals surface area (Å²) in [6.45, 7) is 1.94. The van der Waals surface area contributed by atoms with E-state index in [1.807, 2.05) is 42.9 Å². The van der Waals surface area contributed by atoms with Gasteiger partial charge in [0.25, 0.3) is 5.91 Å². The number of hydrogen-bond donors (Lipinski definition) is 1. The first-order valence-corrected chi connectivity index (χ1v) is 11.4. The fourth-order valence-corrected chi connectivity index (χ4v) is 4.41. The lowest BCUT2D eigenvalue weighted by atomic mass is 9.99. The number of anilines is 1. The highest BCUT2D eigenvalue weighted by Gasteiger charge is 2.19. The van der Waals surface area contributed by atoms with Gasteiger partial charge < -0.3 is 9.88 Å². The summed E-state index contributed by atoms with van der Waals surface area (Å²) in [7, 11) is -1.34. The molecule has 1 heterocycles. The molecule has 0 radical (unpaired) electrons. The Labute approximate surface area is 175 Å². The van der Waals surface area contributed by atoms with E-state index in [-0.39, 0.29) is 10.8 Å². The normalized spacial score (nSPS) is 11.6. The zero-order chi connectivity index (χ0) is 21.5. The minimum absolute atomic E-state index is 0.217. The van der Waals surface area contributed by atoms with Gasteiger partial charge in [0.1, 0.15) is 0 Å². The van der Waals surface area contributed by atoms with Crippen LogP contribution in [0.1, 0.15) is 15.9 Å². The Morgan fingerprint density at radius 1 is 0.933 bits per heavy atom. The molecular formula is C24H22N2O3S. The Morgan fingerprint density at radius 3 is 2.30 bits per heavy atom. The zero-order valence-electron chi connectivity index (χ0n) is 17.0. The highest BCUT2D eigenvalue weighted by Crippen LogP contribution is 2.33. The van der Waals surface area contributed by atoms with Crippen LogP contribution in [0.5, 0.6) is 0 Å². The Hall–Kier alpha value is -3.38. The number of nitrogens with one attached hydrogen (secondary N) is 1. The van der Waals surface area contributed by atoms with Gasteiger partial charge in [-0.05, 0) is 47.5 Å². The van der Waals surface area contributed by atoms with E-state index in [1.54, 1.807) is 12.1 Å². The van der Waals surface area contributed by atoms with Crippen LogP contribution < -0.4 is 5.32 Å². The van der Waals surface area contributed by atoms with E-state index in [4.69, 9.17) is 0 Å². The van der Waals surface area contributed by atoms with Crippen LogP contribution in [-0.4, -0.2) is 25.1 Å². The summed E-state index contributed by atoms with van der Waals surface area (Å²) in [6.07, 6.45) is 2.98. The molecule has 0 aliphatic carbocycles. The predicted octanol–water partition coefficient (Wildman–Crippen LogP) is 4.81. The second-order valence-electron chi connectivity index (χ2n) is 7.40. The van der Waals surface area contributed by atoms with Crippen molar-refractivity contribution in [3.63, 3.8) is 0 Å². The first-order chi connectivity index (χ1) is 14.3. The van der Waals surface area contributed by atoms with E-state index < -0.39 is 9.84 Å². The quantitative estimate of drug-likeness (QED) is 0.517. The highest BCUT2D eigenvalue weighted by molar-refractivity contribution is 7.90. The maximum atomic E-state index is 12.9. The lowest BCUT2D eigenvalue weighted by molar-refractivity contribution is 0.102. The molecule has 4 aromatic rings. The van der Waals surface area contributed by atoms with E-state index in [0.717, 1.165) is 33.8 Å². The molecule has 0 spiro atoms. The van der Waals surface area contributed by atoms with Crippen molar-refractivity contribution >= 4 is 32.2 Å². The van der Waals surface area contributed by atoms with Gasteiger partial charge in [-0.3, -0.25) is 4.79 Å². The molecule has 5 nitrogen and oxygen atoms in total. The monoisotopic (exact) mass is 418 g/mol. The van der Waals surface area contributed by atoms with Crippen LogP contribution in [0, 0.1) is 6.92 Å². The molecule has 0 aliphatic rings. The van der Waals surface area contributed by atoms with Crippen LogP contribution in [-0.2, 0) is 16.9 Å². The largest absolute Gasteiger partial charge is 0.350 e. The summed E-state index contributed by atoms with van der Waals surface area (Å²) in [5, 5.41) is 5.14. The van der Waals surface area contributed by atoms with Crippen LogP contribution in [0.15, 0.2) is 77.8 Å². The van der Waals surface area contributed by atoms with Crippen molar-refractivity contribution in [3.05, 3.63) is 84.1 Å². The van der Waals surface area contributed by atoms with E-state index in [0.29, 0.717) is 11.3 Å². The Kier molecular flexibility index (Phi) is 4.95. The topological polar surface area (TPSA) is 68.2 Å². The van der Waals surface area contributed by atoms with Gasteiger partial charge in [-0.25, -0.2) is 8.42 Å². The molecule has 3 aromatic carbocycles. The molecule has 0 bridgehead atoms. The Bertz CT molecular complexity index is 1360. The molecule has 0 aliphatic heterocycles. The molecule has 1 aromatic heterocycles. The molecular weight excluding hydrogens is 396 g/mol. The summed E-state index contributed by atoms with van der Waals surface area (Å²) in [5.41, 5.74) is 4.07. The summed E-state index contributed by atoms with van der Waals surface area (Å²) < 4.78 is 25.2. The lowest BCUT2D eigenvalue weighted by Crippen LogP contribution is -2.12. The summed E-state index contributed by atoms with van der Waals surface area (Å²) in [5.74, 6) is -0.235. The number of aromatic nitrogens is 1. The molecule has 0 saturated heterocycles. The van der Waals surface area contributed by atoms with Crippen LogP contribution in [0.2, 0.25) is 0 Å². The van der Waals surface area contributed by atoms with Gasteiger partial charge >= 0.3 is 0 Å². The summed E-state index contributed by atoms with van der Waals surface area (Å²) >= 11 is 0. The van der Waals surface area contributed by atoms with Crippen molar-refractivity contribution < 1.29 is 13.2 Å². The predicted molar refractivity (Wildman–Crippen MR) is 121 cm³/mol. The standard InChI is InChI=1S/C24H22N2O3S/c1-16-22(24(27)25-18-11-13-19(14-12-18)30(3,28)29)15-26(2)23(16)21-10-6-8-17-7-4-5-9-20(17)21/h4-15H,1-3H3,(H,25,27). The van der Waals surface area contributed by atoms with Crippen LogP contribution in [0.25, 0.3) is 22.0 Å². The van der Waals surface area contributed by atoms with Crippen LogP contribution >= 0.6 is 0 Å². The average Bonchev–Trinajstić information content (AvgIpc) is 3.01. The molecule has 30 heavy (non-hydrogen) atoms. The third-order valence-electron chi connectivity index (χ3n) is 5.26. The second kappa shape index (κ2) is 7.46. The minimum atomic E-state index is -3.27. The number of hydrogen-bond acceptors (Lipinski definition) is 3. The number of fused-ring (bicyclic) bond motifs is 1. The minimum Gasteiger partial charge on any atom is -0.350 e. The van der Waals surface area contributed by atoms with Gasteiger partial charge in [0.15, 0.2) is 9.84 Å². The van der Waals surface area contributed by atoms with E-state index in [1.165, 1.54) is 12.1 Å². The van der Waals surface area contributed by atoms with E-state index in [9.17, 15) is 13.2 Å². The third-order valence-corrected chi connectivity index (χ3v) is 6.39. The van der Waals surface area contributed by atoms with Gasteiger partial charge in [0, 0.05) is 30.8 Å². The molecule has 152 valence electrons. The fraction of sp³-hybridized carbons (Fsp3) is 0.125. The van der Waals surface area contributed by atoms with Crippen molar-refractivity contribution in [2.75, 3.05) is 11.6 Å². The van der Waals surface area contributed by atoms with Crippen molar-refractivity contribution in [1.82, 2.24) is 4.57 Å². The van der Waals surface area contributed by atoms with Crippen molar-refractivity contribution in [3.8, 4) is 11.3 Å². The molecule has 6 heteroatoms. The molecule has 1 N–H and O–H groups in total. The first-order valence-electron chi connectivity index (χ1n) is 9.51. The number of rotatable bonds is 4. The van der Waals surface area contributed by atoms with Gasteiger partial charge in [-0.15, -0.1) is 0 Å². The summed E-state index contributed by atoms with van der Waals surface area (Å²) in [6, 6.07) is 20.5. The number of sulfone groups is 1. The van der Waals surface area contributed by atoms with Crippen molar-refractivity contribution in [2.45, 2.75) is 11.8 Å². The Morgan fingerprint density at radius 2 is 1.60 bits per heavy atom. The fourth-order valence-electron chi connectivity index (χ4n) is 3.78. The second-order valence-corrected chi connectivity index (χ2v) is 9.42. The highest BCUT2D eigenvalue weighted by atomic mass is 32.2. The maximum Gasteiger partial charge on any atom is 0.257 e. The van der Waals surface area contributed by atoms with Crippen LogP contribution in [0.3, 0.4) is 0 Å². The van der Waals surface area contributed by atoms with Crippen LogP contribution in [0.4, 0.5) is 5.69 Å². The van der Waals surface area contributed by atoms with Crippen molar-refractivity contribution in [2.24, 2.45) is 7.05 Å². The van der Waals surface area contributed by atoms with Crippen molar-refractivity contribution in [1.29, 1.82) is 0 Å². The SMILES string of the molecule is Cc1c(C(=O)Nc2ccc(S(C)(=O)=O)cc2)cn(C)c1-c1cccc2ccccc12. The number of amides is 1. The molecule has 0 unspecified atom stereocenters. The molecule has 0 saturated carbocycles. The zero-order valence-corrected chi connectivity index (χ0v) is 17.8. The lowest BCUT2D eigenvalue weighted by Gasteiger charge is -2.10. The van der Waals surface area contributed by atoms with Gasteiger partial charge in [0.05, 0.1) is 16.2 Å². The summed E-state index contributed by atoms with van der Waals surface area (Å²) in [4.78, 5) is 13.2. The molecule has 1 amide bonds.